The maximum atomic E-state index is 12.0. The van der Waals surface area contributed by atoms with Crippen molar-refractivity contribution in [1.82, 2.24) is 20.6 Å². The first-order valence-corrected chi connectivity index (χ1v) is 11.7. The van der Waals surface area contributed by atoms with Crippen LogP contribution in [-0.2, 0) is 17.6 Å². The van der Waals surface area contributed by atoms with E-state index in [1.807, 2.05) is 20.8 Å². The van der Waals surface area contributed by atoms with Crippen LogP contribution in [0.15, 0.2) is 4.99 Å². The van der Waals surface area contributed by atoms with Crippen LogP contribution < -0.4 is 10.6 Å². The molecule has 0 saturated carbocycles. The van der Waals surface area contributed by atoms with Gasteiger partial charge in [0.05, 0.1) is 29.0 Å². The van der Waals surface area contributed by atoms with Crippen LogP contribution in [0.5, 0.6) is 0 Å². The molecule has 0 spiro atoms. The Morgan fingerprint density at radius 1 is 1.21 bits per heavy atom. The van der Waals surface area contributed by atoms with E-state index in [1.165, 1.54) is 21.9 Å². The SMILES string of the molecule is CCNC(=NCCc1nc(CC)c(C)s1)NC(C)c1nc(C)c(C(=O)OCC)s1. The standard InChI is InChI=1S/C20H31N5O2S2/c1-7-15-14(6)28-16(25-15)10-11-22-20(21-8-2)24-13(5)18-23-12(4)17(29-18)19(26)27-9-3/h13H,7-11H2,1-6H3,(H2,21,22,24). The first-order valence-electron chi connectivity index (χ1n) is 10.0. The lowest BCUT2D eigenvalue weighted by Gasteiger charge is -2.15. The zero-order valence-electron chi connectivity index (χ0n) is 18.1. The van der Waals surface area contributed by atoms with E-state index in [0.717, 1.165) is 35.4 Å². The van der Waals surface area contributed by atoms with Crippen LogP contribution in [0, 0.1) is 13.8 Å². The van der Waals surface area contributed by atoms with Gasteiger partial charge in [-0.2, -0.15) is 0 Å². The van der Waals surface area contributed by atoms with Gasteiger partial charge in [0, 0.05) is 24.4 Å². The van der Waals surface area contributed by atoms with Crippen LogP contribution >= 0.6 is 22.7 Å². The van der Waals surface area contributed by atoms with Crippen LogP contribution in [0.3, 0.4) is 0 Å². The third-order valence-corrected chi connectivity index (χ3v) is 6.60. The third kappa shape index (κ3) is 6.50. The van der Waals surface area contributed by atoms with Gasteiger partial charge in [-0.1, -0.05) is 6.92 Å². The molecule has 0 amide bonds. The maximum Gasteiger partial charge on any atom is 0.350 e. The average molecular weight is 438 g/mol. The number of carbonyl (C=O) groups is 1. The Balaban J connectivity index is 2.02. The molecule has 29 heavy (non-hydrogen) atoms. The fraction of sp³-hybridized carbons (Fsp3) is 0.600. The van der Waals surface area contributed by atoms with Crippen LogP contribution in [0.25, 0.3) is 0 Å². The molecule has 0 fully saturated rings. The summed E-state index contributed by atoms with van der Waals surface area (Å²) in [4.78, 5) is 27.8. The number of guanidine groups is 1. The Morgan fingerprint density at radius 2 is 1.97 bits per heavy atom. The highest BCUT2D eigenvalue weighted by molar-refractivity contribution is 7.13. The van der Waals surface area contributed by atoms with Crippen LogP contribution in [0.4, 0.5) is 0 Å². The van der Waals surface area contributed by atoms with Crippen molar-refractivity contribution in [2.24, 2.45) is 4.99 Å². The molecule has 1 atom stereocenters. The van der Waals surface area contributed by atoms with Crippen molar-refractivity contribution in [2.45, 2.75) is 60.4 Å². The summed E-state index contributed by atoms with van der Waals surface area (Å²) in [6.07, 6.45) is 1.79. The number of carbonyl (C=O) groups excluding carboxylic acids is 1. The molecule has 2 heterocycles. The van der Waals surface area contributed by atoms with Gasteiger partial charge in [0.15, 0.2) is 5.96 Å². The maximum absolute atomic E-state index is 12.0. The number of hydrogen-bond donors (Lipinski definition) is 2. The van der Waals surface area contributed by atoms with Crippen LogP contribution in [0.2, 0.25) is 0 Å². The quantitative estimate of drug-likeness (QED) is 0.352. The summed E-state index contributed by atoms with van der Waals surface area (Å²) in [5.74, 6) is 0.418. The number of aromatic nitrogens is 2. The van der Waals surface area contributed by atoms with Crippen molar-refractivity contribution in [2.75, 3.05) is 19.7 Å². The van der Waals surface area contributed by atoms with Gasteiger partial charge >= 0.3 is 5.97 Å². The molecule has 2 aromatic rings. The number of hydrogen-bond acceptors (Lipinski definition) is 7. The molecule has 7 nitrogen and oxygen atoms in total. The molecule has 9 heteroatoms. The normalized spacial score (nSPS) is 12.7. The molecule has 1 unspecified atom stereocenters. The molecule has 2 rings (SSSR count). The molecule has 160 valence electrons. The summed E-state index contributed by atoms with van der Waals surface area (Å²) in [6, 6.07) is -0.0755. The predicted molar refractivity (Wildman–Crippen MR) is 120 cm³/mol. The summed E-state index contributed by atoms with van der Waals surface area (Å²) < 4.78 is 5.10. The third-order valence-electron chi connectivity index (χ3n) is 4.21. The fourth-order valence-electron chi connectivity index (χ4n) is 2.76. The second kappa shape index (κ2) is 11.3. The van der Waals surface area contributed by atoms with E-state index >= 15 is 0 Å². The number of rotatable bonds is 9. The molecule has 2 N–H and O–H groups in total. The minimum absolute atomic E-state index is 0.0755. The van der Waals surface area contributed by atoms with Gasteiger partial charge in [0.1, 0.15) is 9.88 Å². The van der Waals surface area contributed by atoms with Crippen molar-refractivity contribution in [3.8, 4) is 0 Å². The summed E-state index contributed by atoms with van der Waals surface area (Å²) in [7, 11) is 0. The Bertz CT molecular complexity index is 844. The molecule has 0 saturated heterocycles. The molecule has 2 aromatic heterocycles. The summed E-state index contributed by atoms with van der Waals surface area (Å²) in [6.45, 7) is 13.7. The zero-order chi connectivity index (χ0) is 21.4. The lowest BCUT2D eigenvalue weighted by Crippen LogP contribution is -2.38. The molecule has 0 aliphatic carbocycles. The van der Waals surface area contributed by atoms with Gasteiger partial charge in [-0.3, -0.25) is 4.99 Å². The molecule has 0 radical (unpaired) electrons. The smallest absolute Gasteiger partial charge is 0.350 e. The highest BCUT2D eigenvalue weighted by atomic mass is 32.1. The fourth-order valence-corrected chi connectivity index (χ4v) is 4.73. The molecular weight excluding hydrogens is 406 g/mol. The van der Waals surface area contributed by atoms with E-state index in [0.29, 0.717) is 23.7 Å². The summed E-state index contributed by atoms with van der Waals surface area (Å²) >= 11 is 3.12. The van der Waals surface area contributed by atoms with Gasteiger partial charge in [-0.25, -0.2) is 14.8 Å². The van der Waals surface area contributed by atoms with Crippen molar-refractivity contribution in [1.29, 1.82) is 0 Å². The van der Waals surface area contributed by atoms with Gasteiger partial charge in [-0.15, -0.1) is 22.7 Å². The van der Waals surface area contributed by atoms with Crippen LogP contribution in [0.1, 0.15) is 69.7 Å². The van der Waals surface area contributed by atoms with E-state index in [2.05, 4.69) is 39.4 Å². The first kappa shape index (κ1) is 23.3. The van der Waals surface area contributed by atoms with Crippen LogP contribution in [-0.4, -0.2) is 41.6 Å². The lowest BCUT2D eigenvalue weighted by molar-refractivity contribution is 0.0531. The van der Waals surface area contributed by atoms with Gasteiger partial charge in [0.2, 0.25) is 0 Å². The highest BCUT2D eigenvalue weighted by Crippen LogP contribution is 2.24. The molecule has 0 bridgehead atoms. The predicted octanol–water partition coefficient (Wildman–Crippen LogP) is 3.81. The monoisotopic (exact) mass is 437 g/mol. The molecule has 0 aromatic carbocycles. The zero-order valence-corrected chi connectivity index (χ0v) is 19.7. The van der Waals surface area contributed by atoms with Gasteiger partial charge in [0.25, 0.3) is 0 Å². The second-order valence-corrected chi connectivity index (χ2v) is 8.85. The molecule has 0 aliphatic heterocycles. The minimum Gasteiger partial charge on any atom is -0.462 e. The number of nitrogens with one attached hydrogen (secondary N) is 2. The molecule has 0 aliphatic rings. The lowest BCUT2D eigenvalue weighted by atomic mass is 10.3. The van der Waals surface area contributed by atoms with Crippen molar-refractivity contribution in [3.05, 3.63) is 31.2 Å². The highest BCUT2D eigenvalue weighted by Gasteiger charge is 2.20. The second-order valence-electron chi connectivity index (χ2n) is 6.53. The first-order chi connectivity index (χ1) is 13.9. The van der Waals surface area contributed by atoms with Crippen molar-refractivity contribution >= 4 is 34.6 Å². The molecular formula is C20H31N5O2S2. The average Bonchev–Trinajstić information content (AvgIpc) is 3.24. The number of thiazole rings is 2. The topological polar surface area (TPSA) is 88.5 Å². The Hall–Kier alpha value is -2.00. The van der Waals surface area contributed by atoms with E-state index in [9.17, 15) is 4.79 Å². The van der Waals surface area contributed by atoms with Crippen molar-refractivity contribution in [3.63, 3.8) is 0 Å². The van der Waals surface area contributed by atoms with E-state index in [-0.39, 0.29) is 12.0 Å². The van der Waals surface area contributed by atoms with E-state index < -0.39 is 0 Å². The Morgan fingerprint density at radius 3 is 2.59 bits per heavy atom. The van der Waals surface area contributed by atoms with E-state index in [4.69, 9.17) is 4.74 Å². The van der Waals surface area contributed by atoms with Crippen molar-refractivity contribution < 1.29 is 9.53 Å². The summed E-state index contributed by atoms with van der Waals surface area (Å²) in [5, 5.41) is 8.61. The Labute approximate surface area is 181 Å². The number of esters is 1. The summed E-state index contributed by atoms with van der Waals surface area (Å²) in [5.41, 5.74) is 1.88. The van der Waals surface area contributed by atoms with Gasteiger partial charge < -0.3 is 15.4 Å². The van der Waals surface area contributed by atoms with Gasteiger partial charge in [-0.05, 0) is 41.0 Å². The largest absolute Gasteiger partial charge is 0.462 e. The Kier molecular flexibility index (Phi) is 9.03. The minimum atomic E-state index is -0.313. The number of ether oxygens (including phenoxy) is 1. The van der Waals surface area contributed by atoms with E-state index in [1.54, 1.807) is 18.3 Å². The number of nitrogens with zero attached hydrogens (tertiary/aromatic N) is 3. The number of aryl methyl sites for hydroxylation is 3. The number of aliphatic imine (C=N–C) groups is 1.